The number of para-hydroxylation sites is 1. The quantitative estimate of drug-likeness (QED) is 0.368. The molecular formula is C30H30N4O5. The Morgan fingerprint density at radius 3 is 2.38 bits per heavy atom. The van der Waals surface area contributed by atoms with Crippen molar-refractivity contribution >= 4 is 17.5 Å². The number of nitrogens with zero attached hydrogens (tertiary/aromatic N) is 3. The van der Waals surface area contributed by atoms with Crippen molar-refractivity contribution in [2.24, 2.45) is 0 Å². The van der Waals surface area contributed by atoms with Gasteiger partial charge in [0.1, 0.15) is 28.5 Å². The number of hydrogen-bond acceptors (Lipinski definition) is 6. The third-order valence-electron chi connectivity index (χ3n) is 6.97. The van der Waals surface area contributed by atoms with E-state index in [1.165, 1.54) is 4.90 Å². The standard InChI is InChI=1S/C30H30N4O5/c1-30(29(36)31-18-21-8-5-6-11-27(21)39-4)19-33-26(17-25(32-33)20-12-14-23(37-2)15-13-20)28(35)34(30)22-9-7-10-24(16-22)38-3/h5-17H,18-19H2,1-4H3,(H,31,36). The Morgan fingerprint density at radius 2 is 1.67 bits per heavy atom. The van der Waals surface area contributed by atoms with Crippen LogP contribution in [0.4, 0.5) is 5.69 Å². The number of amides is 2. The molecule has 5 rings (SSSR count). The van der Waals surface area contributed by atoms with Crippen LogP contribution in [0, 0.1) is 0 Å². The molecule has 1 N–H and O–H groups in total. The van der Waals surface area contributed by atoms with Crippen molar-refractivity contribution in [3.63, 3.8) is 0 Å². The first-order valence-electron chi connectivity index (χ1n) is 12.5. The number of aromatic nitrogens is 2. The molecule has 1 atom stereocenters. The summed E-state index contributed by atoms with van der Waals surface area (Å²) in [7, 11) is 4.76. The number of ether oxygens (including phenoxy) is 3. The highest BCUT2D eigenvalue weighted by molar-refractivity contribution is 6.12. The first-order chi connectivity index (χ1) is 18.9. The van der Waals surface area contributed by atoms with E-state index in [9.17, 15) is 9.59 Å². The van der Waals surface area contributed by atoms with Gasteiger partial charge in [-0.05, 0) is 55.5 Å². The van der Waals surface area contributed by atoms with Crippen LogP contribution in [0.5, 0.6) is 17.2 Å². The molecule has 3 aromatic carbocycles. The fourth-order valence-corrected chi connectivity index (χ4v) is 4.85. The third kappa shape index (κ3) is 4.79. The maximum absolute atomic E-state index is 14.1. The Kier molecular flexibility index (Phi) is 6.98. The molecule has 4 aromatic rings. The van der Waals surface area contributed by atoms with Crippen LogP contribution in [0.2, 0.25) is 0 Å². The van der Waals surface area contributed by atoms with E-state index in [-0.39, 0.29) is 24.9 Å². The molecule has 2 heterocycles. The van der Waals surface area contributed by atoms with E-state index in [1.54, 1.807) is 63.3 Å². The maximum Gasteiger partial charge on any atom is 0.277 e. The maximum atomic E-state index is 14.1. The highest BCUT2D eigenvalue weighted by Gasteiger charge is 2.49. The van der Waals surface area contributed by atoms with Crippen molar-refractivity contribution < 1.29 is 23.8 Å². The fraction of sp³-hybridized carbons (Fsp3) is 0.233. The van der Waals surface area contributed by atoms with Crippen molar-refractivity contribution in [1.29, 1.82) is 0 Å². The van der Waals surface area contributed by atoms with Gasteiger partial charge in [-0.3, -0.25) is 19.2 Å². The summed E-state index contributed by atoms with van der Waals surface area (Å²) in [6.45, 7) is 2.14. The Bertz CT molecular complexity index is 1510. The summed E-state index contributed by atoms with van der Waals surface area (Å²) in [6.07, 6.45) is 0. The summed E-state index contributed by atoms with van der Waals surface area (Å²) in [4.78, 5) is 29.5. The summed E-state index contributed by atoms with van der Waals surface area (Å²) in [6, 6.07) is 23.8. The molecule has 1 aromatic heterocycles. The minimum absolute atomic E-state index is 0.152. The Hall–Kier alpha value is -4.79. The van der Waals surface area contributed by atoms with E-state index in [1.807, 2.05) is 48.5 Å². The number of fused-ring (bicyclic) bond motifs is 1. The summed E-state index contributed by atoms with van der Waals surface area (Å²) < 4.78 is 17.7. The van der Waals surface area contributed by atoms with Crippen LogP contribution in [0.1, 0.15) is 23.0 Å². The van der Waals surface area contributed by atoms with Crippen molar-refractivity contribution in [2.45, 2.75) is 25.6 Å². The predicted octanol–water partition coefficient (Wildman–Crippen LogP) is 4.31. The number of nitrogens with one attached hydrogen (secondary N) is 1. The number of methoxy groups -OCH3 is 3. The molecule has 39 heavy (non-hydrogen) atoms. The zero-order valence-corrected chi connectivity index (χ0v) is 22.3. The van der Waals surface area contributed by atoms with E-state index < -0.39 is 5.54 Å². The normalized spacial score (nSPS) is 16.4. The zero-order chi connectivity index (χ0) is 27.6. The fourth-order valence-electron chi connectivity index (χ4n) is 4.85. The summed E-state index contributed by atoms with van der Waals surface area (Å²) in [5, 5.41) is 7.73. The lowest BCUT2D eigenvalue weighted by Crippen LogP contribution is -2.64. The Morgan fingerprint density at radius 1 is 0.923 bits per heavy atom. The van der Waals surface area contributed by atoms with E-state index >= 15 is 0 Å². The van der Waals surface area contributed by atoms with E-state index in [2.05, 4.69) is 5.32 Å². The lowest BCUT2D eigenvalue weighted by molar-refractivity contribution is -0.126. The number of rotatable bonds is 8. The van der Waals surface area contributed by atoms with Gasteiger partial charge in [0, 0.05) is 29.4 Å². The highest BCUT2D eigenvalue weighted by Crippen LogP contribution is 2.36. The molecule has 9 heteroatoms. The van der Waals surface area contributed by atoms with Crippen LogP contribution >= 0.6 is 0 Å². The first kappa shape index (κ1) is 25.8. The van der Waals surface area contributed by atoms with Gasteiger partial charge in [-0.25, -0.2) is 0 Å². The molecule has 0 bridgehead atoms. The van der Waals surface area contributed by atoms with E-state index in [0.717, 1.165) is 16.9 Å². The molecule has 0 saturated heterocycles. The Labute approximate surface area is 226 Å². The van der Waals surface area contributed by atoms with Crippen LogP contribution in [-0.4, -0.2) is 48.5 Å². The van der Waals surface area contributed by atoms with E-state index in [0.29, 0.717) is 28.6 Å². The van der Waals surface area contributed by atoms with Crippen molar-refractivity contribution in [1.82, 2.24) is 15.1 Å². The van der Waals surface area contributed by atoms with E-state index in [4.69, 9.17) is 19.3 Å². The van der Waals surface area contributed by atoms with Crippen molar-refractivity contribution in [3.8, 4) is 28.5 Å². The van der Waals surface area contributed by atoms with Crippen LogP contribution < -0.4 is 24.4 Å². The molecule has 200 valence electrons. The third-order valence-corrected chi connectivity index (χ3v) is 6.97. The molecule has 2 amide bonds. The average molecular weight is 527 g/mol. The first-order valence-corrected chi connectivity index (χ1v) is 12.5. The molecule has 1 aliphatic rings. The number of benzene rings is 3. The van der Waals surface area contributed by atoms with Gasteiger partial charge in [-0.2, -0.15) is 5.10 Å². The monoisotopic (exact) mass is 526 g/mol. The lowest BCUT2D eigenvalue weighted by Gasteiger charge is -2.43. The molecular weight excluding hydrogens is 496 g/mol. The largest absolute Gasteiger partial charge is 0.497 e. The minimum Gasteiger partial charge on any atom is -0.497 e. The zero-order valence-electron chi connectivity index (χ0n) is 22.3. The minimum atomic E-state index is -1.29. The highest BCUT2D eigenvalue weighted by atomic mass is 16.5. The van der Waals surface area contributed by atoms with Gasteiger partial charge in [0.15, 0.2) is 0 Å². The topological polar surface area (TPSA) is 94.9 Å². The molecule has 1 aliphatic heterocycles. The van der Waals surface area contributed by atoms with Crippen molar-refractivity contribution in [2.75, 3.05) is 26.2 Å². The molecule has 9 nitrogen and oxygen atoms in total. The smallest absolute Gasteiger partial charge is 0.277 e. The van der Waals surface area contributed by atoms with Crippen molar-refractivity contribution in [3.05, 3.63) is 90.1 Å². The molecule has 0 spiro atoms. The van der Waals surface area contributed by atoms with Gasteiger partial charge in [-0.1, -0.05) is 24.3 Å². The van der Waals surface area contributed by atoms with Gasteiger partial charge in [0.2, 0.25) is 5.91 Å². The van der Waals surface area contributed by atoms with Crippen LogP contribution in [0.3, 0.4) is 0 Å². The second-order valence-electron chi connectivity index (χ2n) is 9.41. The number of hydrogen-bond donors (Lipinski definition) is 1. The molecule has 0 radical (unpaired) electrons. The second-order valence-corrected chi connectivity index (χ2v) is 9.41. The summed E-state index contributed by atoms with van der Waals surface area (Å²) in [5.41, 5.74) is 1.94. The van der Waals surface area contributed by atoms with Gasteiger partial charge < -0.3 is 19.5 Å². The van der Waals surface area contributed by atoms with Crippen LogP contribution in [-0.2, 0) is 17.9 Å². The molecule has 0 aliphatic carbocycles. The summed E-state index contributed by atoms with van der Waals surface area (Å²) in [5.74, 6) is 1.32. The number of carbonyl (C=O) groups excluding carboxylic acids is 2. The number of anilines is 1. The average Bonchev–Trinajstić information content (AvgIpc) is 3.40. The molecule has 0 saturated carbocycles. The summed E-state index contributed by atoms with van der Waals surface area (Å²) >= 11 is 0. The lowest BCUT2D eigenvalue weighted by atomic mass is 9.93. The van der Waals surface area contributed by atoms with Gasteiger partial charge >= 0.3 is 0 Å². The Balaban J connectivity index is 1.54. The number of carbonyl (C=O) groups is 2. The van der Waals surface area contributed by atoms with Crippen LogP contribution in [0.25, 0.3) is 11.3 Å². The molecule has 0 fully saturated rings. The van der Waals surface area contributed by atoms with Gasteiger partial charge in [0.25, 0.3) is 5.91 Å². The second kappa shape index (κ2) is 10.5. The van der Waals surface area contributed by atoms with Gasteiger partial charge in [0.05, 0.1) is 33.6 Å². The molecule has 1 unspecified atom stereocenters. The van der Waals surface area contributed by atoms with Gasteiger partial charge in [-0.15, -0.1) is 0 Å². The predicted molar refractivity (Wildman–Crippen MR) is 147 cm³/mol. The van der Waals surface area contributed by atoms with Crippen LogP contribution in [0.15, 0.2) is 78.9 Å². The SMILES string of the molecule is COc1ccc(-c2cc3n(n2)CC(C)(C(=O)NCc2ccccc2OC)N(c2cccc(OC)c2)C3=O)cc1.